The van der Waals surface area contributed by atoms with E-state index in [1.807, 2.05) is 4.90 Å². The Morgan fingerprint density at radius 3 is 2.42 bits per heavy atom. The third-order valence-electron chi connectivity index (χ3n) is 3.85. The lowest BCUT2D eigenvalue weighted by atomic mass is 10.1. The summed E-state index contributed by atoms with van der Waals surface area (Å²) in [5.41, 5.74) is 3.92. The maximum atomic E-state index is 11.8. The van der Waals surface area contributed by atoms with Gasteiger partial charge in [0.25, 0.3) is 0 Å². The maximum absolute atomic E-state index is 11.8. The third-order valence-corrected chi connectivity index (χ3v) is 4.04. The number of alkyl halides is 1. The number of hydrogen-bond acceptors (Lipinski definition) is 2. The molecule has 1 fully saturated rings. The SMILES string of the molecule is Cc1cccc(N2CCN(C(=O)C(C)Cl)CC2)c1C. The lowest BCUT2D eigenvalue weighted by molar-refractivity contribution is -0.130. The minimum Gasteiger partial charge on any atom is -0.368 e. The van der Waals surface area contributed by atoms with Gasteiger partial charge in [-0.3, -0.25) is 4.79 Å². The topological polar surface area (TPSA) is 23.6 Å². The molecule has 104 valence electrons. The van der Waals surface area contributed by atoms with Gasteiger partial charge < -0.3 is 9.80 Å². The van der Waals surface area contributed by atoms with E-state index in [0.717, 1.165) is 26.2 Å². The zero-order valence-electron chi connectivity index (χ0n) is 11.8. The molecule has 0 radical (unpaired) electrons. The van der Waals surface area contributed by atoms with Crippen LogP contribution in [0.4, 0.5) is 5.69 Å². The number of piperazine rings is 1. The van der Waals surface area contributed by atoms with E-state index in [1.165, 1.54) is 16.8 Å². The Balaban J connectivity index is 2.04. The average molecular weight is 281 g/mol. The molecule has 1 aliphatic heterocycles. The first-order valence-electron chi connectivity index (χ1n) is 6.74. The molecule has 0 N–H and O–H groups in total. The molecule has 2 rings (SSSR count). The smallest absolute Gasteiger partial charge is 0.240 e. The number of amides is 1. The van der Waals surface area contributed by atoms with E-state index in [9.17, 15) is 4.79 Å². The summed E-state index contributed by atoms with van der Waals surface area (Å²) in [5, 5.41) is -0.424. The van der Waals surface area contributed by atoms with Gasteiger partial charge in [-0.25, -0.2) is 0 Å². The highest BCUT2D eigenvalue weighted by atomic mass is 35.5. The summed E-state index contributed by atoms with van der Waals surface area (Å²) in [5.74, 6) is 0.0438. The molecule has 4 heteroatoms. The number of nitrogens with zero attached hydrogens (tertiary/aromatic N) is 2. The van der Waals surface area contributed by atoms with Crippen LogP contribution in [-0.2, 0) is 4.79 Å². The first kappa shape index (κ1) is 14.2. The van der Waals surface area contributed by atoms with Crippen molar-refractivity contribution in [1.29, 1.82) is 0 Å². The van der Waals surface area contributed by atoms with Gasteiger partial charge >= 0.3 is 0 Å². The van der Waals surface area contributed by atoms with Crippen LogP contribution in [0, 0.1) is 13.8 Å². The molecule has 0 aliphatic carbocycles. The summed E-state index contributed by atoms with van der Waals surface area (Å²) in [4.78, 5) is 16.1. The van der Waals surface area contributed by atoms with Crippen LogP contribution in [0.5, 0.6) is 0 Å². The van der Waals surface area contributed by atoms with Crippen LogP contribution in [-0.4, -0.2) is 42.4 Å². The van der Waals surface area contributed by atoms with E-state index in [4.69, 9.17) is 11.6 Å². The number of benzene rings is 1. The highest BCUT2D eigenvalue weighted by Crippen LogP contribution is 2.24. The minimum absolute atomic E-state index is 0.0438. The number of hydrogen-bond donors (Lipinski definition) is 0. The molecule has 3 nitrogen and oxygen atoms in total. The van der Waals surface area contributed by atoms with Crippen molar-refractivity contribution in [1.82, 2.24) is 4.90 Å². The summed E-state index contributed by atoms with van der Waals surface area (Å²) >= 11 is 5.86. The molecule has 0 aromatic heterocycles. The second-order valence-corrected chi connectivity index (χ2v) is 5.80. The van der Waals surface area contributed by atoms with Crippen LogP contribution in [0.15, 0.2) is 18.2 Å². The molecule has 0 saturated carbocycles. The minimum atomic E-state index is -0.424. The van der Waals surface area contributed by atoms with E-state index in [2.05, 4.69) is 36.9 Å². The number of aryl methyl sites for hydroxylation is 1. The molecule has 19 heavy (non-hydrogen) atoms. The molecule has 0 spiro atoms. The van der Waals surface area contributed by atoms with E-state index < -0.39 is 5.38 Å². The van der Waals surface area contributed by atoms with Gasteiger partial charge in [0, 0.05) is 31.9 Å². The van der Waals surface area contributed by atoms with Crippen molar-refractivity contribution in [3.8, 4) is 0 Å². The highest BCUT2D eigenvalue weighted by molar-refractivity contribution is 6.30. The summed E-state index contributed by atoms with van der Waals surface area (Å²) in [6, 6.07) is 6.38. The molecule has 1 unspecified atom stereocenters. The molecule has 1 aliphatic rings. The lowest BCUT2D eigenvalue weighted by Crippen LogP contribution is -2.50. The highest BCUT2D eigenvalue weighted by Gasteiger charge is 2.24. The van der Waals surface area contributed by atoms with E-state index in [0.29, 0.717) is 0 Å². The summed E-state index contributed by atoms with van der Waals surface area (Å²) in [7, 11) is 0. The fourth-order valence-electron chi connectivity index (χ4n) is 2.50. The van der Waals surface area contributed by atoms with E-state index >= 15 is 0 Å². The van der Waals surface area contributed by atoms with Gasteiger partial charge in [0.05, 0.1) is 0 Å². The van der Waals surface area contributed by atoms with Gasteiger partial charge in [0.1, 0.15) is 5.38 Å². The van der Waals surface area contributed by atoms with Crippen molar-refractivity contribution in [3.05, 3.63) is 29.3 Å². The monoisotopic (exact) mass is 280 g/mol. The van der Waals surface area contributed by atoms with Gasteiger partial charge in [-0.15, -0.1) is 11.6 Å². The second-order valence-electron chi connectivity index (χ2n) is 5.15. The molecule has 1 amide bonds. The van der Waals surface area contributed by atoms with Gasteiger partial charge in [-0.2, -0.15) is 0 Å². The largest absolute Gasteiger partial charge is 0.368 e. The number of anilines is 1. The van der Waals surface area contributed by atoms with Gasteiger partial charge in [0.15, 0.2) is 0 Å². The Hall–Kier alpha value is -1.22. The zero-order valence-corrected chi connectivity index (χ0v) is 12.6. The first-order valence-corrected chi connectivity index (χ1v) is 7.18. The molecule has 0 bridgehead atoms. The van der Waals surface area contributed by atoms with Crippen LogP contribution >= 0.6 is 11.6 Å². The zero-order chi connectivity index (χ0) is 14.0. The third kappa shape index (κ3) is 3.03. The van der Waals surface area contributed by atoms with Crippen LogP contribution in [0.2, 0.25) is 0 Å². The fourth-order valence-corrected chi connectivity index (χ4v) is 2.64. The molecular formula is C15H21ClN2O. The number of carbonyl (C=O) groups excluding carboxylic acids is 1. The standard InChI is InChI=1S/C15H21ClN2O/c1-11-5-4-6-14(12(11)2)17-7-9-18(10-8-17)15(19)13(3)16/h4-6,13H,7-10H2,1-3H3. The Labute approximate surface area is 120 Å². The number of rotatable bonds is 2. The Bertz CT molecular complexity index is 465. The Morgan fingerprint density at radius 2 is 1.84 bits per heavy atom. The number of halogens is 1. The Morgan fingerprint density at radius 1 is 1.21 bits per heavy atom. The average Bonchev–Trinajstić information content (AvgIpc) is 2.41. The second kappa shape index (κ2) is 5.83. The molecule has 1 aromatic carbocycles. The van der Waals surface area contributed by atoms with Crippen molar-refractivity contribution in [2.75, 3.05) is 31.1 Å². The van der Waals surface area contributed by atoms with Crippen LogP contribution < -0.4 is 4.90 Å². The van der Waals surface area contributed by atoms with Crippen LogP contribution in [0.1, 0.15) is 18.1 Å². The molecule has 1 aromatic rings. The fraction of sp³-hybridized carbons (Fsp3) is 0.533. The van der Waals surface area contributed by atoms with E-state index in [-0.39, 0.29) is 5.91 Å². The molecular weight excluding hydrogens is 260 g/mol. The van der Waals surface area contributed by atoms with Crippen LogP contribution in [0.25, 0.3) is 0 Å². The van der Waals surface area contributed by atoms with Crippen LogP contribution in [0.3, 0.4) is 0 Å². The van der Waals surface area contributed by atoms with Gasteiger partial charge in [-0.1, -0.05) is 12.1 Å². The molecule has 1 saturated heterocycles. The van der Waals surface area contributed by atoms with Crippen molar-refractivity contribution < 1.29 is 4.79 Å². The lowest BCUT2D eigenvalue weighted by Gasteiger charge is -2.37. The predicted octanol–water partition coefficient (Wildman–Crippen LogP) is 2.58. The molecule has 1 atom stereocenters. The predicted molar refractivity (Wildman–Crippen MR) is 80.0 cm³/mol. The van der Waals surface area contributed by atoms with Crippen molar-refractivity contribution >= 4 is 23.2 Å². The first-order chi connectivity index (χ1) is 9.00. The molecule has 1 heterocycles. The Kier molecular flexibility index (Phi) is 4.35. The summed E-state index contributed by atoms with van der Waals surface area (Å²) in [6.45, 7) is 9.28. The normalized spacial score (nSPS) is 17.5. The quantitative estimate of drug-likeness (QED) is 0.778. The summed E-state index contributed by atoms with van der Waals surface area (Å²) in [6.07, 6.45) is 0. The van der Waals surface area contributed by atoms with E-state index in [1.54, 1.807) is 6.92 Å². The maximum Gasteiger partial charge on any atom is 0.240 e. The van der Waals surface area contributed by atoms with Gasteiger partial charge in [0.2, 0.25) is 5.91 Å². The van der Waals surface area contributed by atoms with Crippen molar-refractivity contribution in [2.45, 2.75) is 26.1 Å². The van der Waals surface area contributed by atoms with Gasteiger partial charge in [-0.05, 0) is 38.0 Å². The number of carbonyl (C=O) groups is 1. The van der Waals surface area contributed by atoms with Crippen molar-refractivity contribution in [2.24, 2.45) is 0 Å². The van der Waals surface area contributed by atoms with Crippen molar-refractivity contribution in [3.63, 3.8) is 0 Å². The summed E-state index contributed by atoms with van der Waals surface area (Å²) < 4.78 is 0.